The first-order chi connectivity index (χ1) is 12.8. The molecule has 2 amide bonds. The van der Waals surface area contributed by atoms with Crippen LogP contribution in [-0.4, -0.2) is 52.0 Å². The molecule has 144 valence electrons. The van der Waals surface area contributed by atoms with Gasteiger partial charge in [-0.2, -0.15) is 0 Å². The van der Waals surface area contributed by atoms with Crippen LogP contribution in [0.1, 0.15) is 10.4 Å². The van der Waals surface area contributed by atoms with E-state index in [-0.39, 0.29) is 22.9 Å². The summed E-state index contributed by atoms with van der Waals surface area (Å²) in [5.74, 6) is -0.789. The minimum absolute atomic E-state index is 0.0115. The number of para-hydroxylation sites is 1. The zero-order valence-corrected chi connectivity index (χ0v) is 16.9. The molecular formula is C18H21N3O4S2. The first kappa shape index (κ1) is 20.9. The summed E-state index contributed by atoms with van der Waals surface area (Å²) in [7, 11) is -0.868. The van der Waals surface area contributed by atoms with Crippen molar-refractivity contribution in [3.8, 4) is 0 Å². The van der Waals surface area contributed by atoms with Crippen LogP contribution in [0.3, 0.4) is 0 Å². The van der Waals surface area contributed by atoms with Crippen LogP contribution in [0.15, 0.2) is 58.3 Å². The zero-order valence-electron chi connectivity index (χ0n) is 15.2. The maximum Gasteiger partial charge on any atom is 0.254 e. The van der Waals surface area contributed by atoms with Crippen LogP contribution in [0.2, 0.25) is 0 Å². The Morgan fingerprint density at radius 2 is 1.81 bits per heavy atom. The molecule has 0 saturated heterocycles. The fourth-order valence-electron chi connectivity index (χ4n) is 2.36. The summed E-state index contributed by atoms with van der Waals surface area (Å²) in [6, 6.07) is 13.1. The number of carbonyl (C=O) groups excluding carboxylic acids is 2. The van der Waals surface area contributed by atoms with Gasteiger partial charge in [0.05, 0.1) is 17.1 Å². The van der Waals surface area contributed by atoms with Crippen LogP contribution in [0.4, 0.5) is 5.69 Å². The molecule has 9 heteroatoms. The number of nitrogens with zero attached hydrogens (tertiary/aromatic N) is 1. The topological polar surface area (TPSA) is 95.6 Å². The average Bonchev–Trinajstić information content (AvgIpc) is 2.67. The molecule has 2 aromatic carbocycles. The van der Waals surface area contributed by atoms with Crippen LogP contribution < -0.4 is 10.0 Å². The maximum atomic E-state index is 12.5. The van der Waals surface area contributed by atoms with Gasteiger partial charge in [0, 0.05) is 17.5 Å². The number of anilines is 1. The van der Waals surface area contributed by atoms with Crippen molar-refractivity contribution in [2.45, 2.75) is 9.79 Å². The highest BCUT2D eigenvalue weighted by atomic mass is 32.2. The van der Waals surface area contributed by atoms with Crippen molar-refractivity contribution in [2.24, 2.45) is 0 Å². The molecule has 0 aliphatic heterocycles. The summed E-state index contributed by atoms with van der Waals surface area (Å²) in [6.45, 7) is -0.162. The summed E-state index contributed by atoms with van der Waals surface area (Å²) in [5, 5.41) is 2.78. The Morgan fingerprint density at radius 1 is 1.11 bits per heavy atom. The summed E-state index contributed by atoms with van der Waals surface area (Å²) < 4.78 is 26.0. The van der Waals surface area contributed by atoms with Gasteiger partial charge in [-0.25, -0.2) is 13.1 Å². The smallest absolute Gasteiger partial charge is 0.254 e. The van der Waals surface area contributed by atoms with Crippen LogP contribution in [-0.2, 0) is 14.8 Å². The molecule has 0 aromatic heterocycles. The Labute approximate surface area is 163 Å². The second-order valence-electron chi connectivity index (χ2n) is 5.65. The van der Waals surface area contributed by atoms with Crippen LogP contribution in [0.5, 0.6) is 0 Å². The molecule has 0 radical (unpaired) electrons. The number of benzene rings is 2. The fraction of sp³-hybridized carbons (Fsp3) is 0.222. The normalized spacial score (nSPS) is 11.1. The van der Waals surface area contributed by atoms with Gasteiger partial charge in [0.1, 0.15) is 0 Å². The number of nitrogens with one attached hydrogen (secondary N) is 2. The van der Waals surface area contributed by atoms with Gasteiger partial charge in [0.15, 0.2) is 0 Å². The van der Waals surface area contributed by atoms with Gasteiger partial charge < -0.3 is 10.2 Å². The van der Waals surface area contributed by atoms with E-state index in [4.69, 9.17) is 0 Å². The van der Waals surface area contributed by atoms with E-state index in [0.29, 0.717) is 5.69 Å². The van der Waals surface area contributed by atoms with Crippen molar-refractivity contribution in [3.05, 3.63) is 54.1 Å². The standard InChI is InChI=1S/C18H21N3O4S2/c1-19-27(24,25)14-8-6-7-13(11-14)18(23)21(2)12-17(22)20-15-9-4-5-10-16(15)26-3/h4-11,19H,12H2,1-3H3,(H,20,22). The number of sulfonamides is 1. The second-order valence-corrected chi connectivity index (χ2v) is 8.38. The predicted octanol–water partition coefficient (Wildman–Crippen LogP) is 2.03. The monoisotopic (exact) mass is 407 g/mol. The first-order valence-electron chi connectivity index (χ1n) is 8.00. The number of carbonyl (C=O) groups is 2. The van der Waals surface area contributed by atoms with E-state index >= 15 is 0 Å². The molecule has 0 unspecified atom stereocenters. The van der Waals surface area contributed by atoms with E-state index < -0.39 is 15.9 Å². The molecular weight excluding hydrogens is 386 g/mol. The van der Waals surface area contributed by atoms with Crippen LogP contribution >= 0.6 is 11.8 Å². The average molecular weight is 408 g/mol. The largest absolute Gasteiger partial charge is 0.332 e. The van der Waals surface area contributed by atoms with Gasteiger partial charge in [-0.1, -0.05) is 18.2 Å². The van der Waals surface area contributed by atoms with E-state index in [2.05, 4.69) is 10.0 Å². The highest BCUT2D eigenvalue weighted by Crippen LogP contribution is 2.24. The second kappa shape index (κ2) is 9.03. The van der Waals surface area contributed by atoms with Gasteiger partial charge in [0.2, 0.25) is 15.9 Å². The molecule has 0 aliphatic rings. The van der Waals surface area contributed by atoms with E-state index in [1.807, 2.05) is 24.5 Å². The van der Waals surface area contributed by atoms with E-state index in [1.165, 1.54) is 55.0 Å². The number of hydrogen-bond donors (Lipinski definition) is 2. The van der Waals surface area contributed by atoms with Gasteiger partial charge in [-0.05, 0) is 43.6 Å². The molecule has 2 rings (SSSR count). The third kappa shape index (κ3) is 5.31. The van der Waals surface area contributed by atoms with Gasteiger partial charge in [-0.3, -0.25) is 9.59 Å². The number of amides is 2. The summed E-state index contributed by atoms with van der Waals surface area (Å²) in [6.07, 6.45) is 1.91. The Morgan fingerprint density at radius 3 is 2.48 bits per heavy atom. The van der Waals surface area contributed by atoms with E-state index in [0.717, 1.165) is 4.90 Å². The van der Waals surface area contributed by atoms with Gasteiger partial charge in [-0.15, -0.1) is 11.8 Å². The maximum absolute atomic E-state index is 12.5. The summed E-state index contributed by atoms with van der Waals surface area (Å²) in [4.78, 5) is 27.0. The molecule has 7 nitrogen and oxygen atoms in total. The minimum atomic E-state index is -3.65. The number of likely N-dealkylation sites (N-methyl/N-ethyl adjacent to an activating group) is 1. The molecule has 0 saturated carbocycles. The number of thioether (sulfide) groups is 1. The minimum Gasteiger partial charge on any atom is -0.332 e. The molecule has 2 N–H and O–H groups in total. The highest BCUT2D eigenvalue weighted by Gasteiger charge is 2.18. The molecule has 2 aromatic rings. The van der Waals surface area contributed by atoms with Crippen LogP contribution in [0, 0.1) is 0 Å². The molecule has 0 heterocycles. The SMILES string of the molecule is CNS(=O)(=O)c1cccc(C(=O)N(C)CC(=O)Nc2ccccc2SC)c1. The van der Waals surface area contributed by atoms with Crippen LogP contribution in [0.25, 0.3) is 0 Å². The lowest BCUT2D eigenvalue weighted by atomic mass is 10.2. The third-order valence-electron chi connectivity index (χ3n) is 3.77. The quantitative estimate of drug-likeness (QED) is 0.685. The van der Waals surface area contributed by atoms with E-state index in [1.54, 1.807) is 6.07 Å². The van der Waals surface area contributed by atoms with Crippen molar-refractivity contribution < 1.29 is 18.0 Å². The third-order valence-corrected chi connectivity index (χ3v) is 5.98. The van der Waals surface area contributed by atoms with Crippen molar-refractivity contribution in [1.29, 1.82) is 0 Å². The highest BCUT2D eigenvalue weighted by molar-refractivity contribution is 7.98. The zero-order chi connectivity index (χ0) is 20.0. The lowest BCUT2D eigenvalue weighted by Crippen LogP contribution is -2.35. The lowest BCUT2D eigenvalue weighted by molar-refractivity contribution is -0.116. The Hall–Kier alpha value is -2.36. The summed E-state index contributed by atoms with van der Waals surface area (Å²) in [5.41, 5.74) is 0.865. The van der Waals surface area contributed by atoms with Crippen molar-refractivity contribution >= 4 is 39.3 Å². The van der Waals surface area contributed by atoms with Gasteiger partial charge in [0.25, 0.3) is 5.91 Å². The molecule has 27 heavy (non-hydrogen) atoms. The molecule has 0 spiro atoms. The molecule has 0 atom stereocenters. The van der Waals surface area contributed by atoms with Crippen molar-refractivity contribution in [3.63, 3.8) is 0 Å². The summed E-state index contributed by atoms with van der Waals surface area (Å²) >= 11 is 1.51. The number of rotatable bonds is 7. The lowest BCUT2D eigenvalue weighted by Gasteiger charge is -2.18. The van der Waals surface area contributed by atoms with Crippen molar-refractivity contribution in [2.75, 3.05) is 32.2 Å². The first-order valence-corrected chi connectivity index (χ1v) is 10.7. The molecule has 0 fully saturated rings. The number of hydrogen-bond acceptors (Lipinski definition) is 5. The Balaban J connectivity index is 2.09. The predicted molar refractivity (Wildman–Crippen MR) is 107 cm³/mol. The molecule has 0 aliphatic carbocycles. The Bertz CT molecular complexity index is 945. The van der Waals surface area contributed by atoms with Crippen molar-refractivity contribution in [1.82, 2.24) is 9.62 Å². The van der Waals surface area contributed by atoms with Gasteiger partial charge >= 0.3 is 0 Å². The van der Waals surface area contributed by atoms with E-state index in [9.17, 15) is 18.0 Å². The fourth-order valence-corrected chi connectivity index (χ4v) is 3.69. The Kier molecular flexibility index (Phi) is 7.00. The molecule has 0 bridgehead atoms.